The van der Waals surface area contributed by atoms with Crippen LogP contribution in [0.3, 0.4) is 0 Å². The Hall–Kier alpha value is -3.29. The van der Waals surface area contributed by atoms with E-state index in [9.17, 15) is 9.59 Å². The zero-order chi connectivity index (χ0) is 16.7. The lowest BCUT2D eigenvalue weighted by atomic mass is 10.2. The number of methoxy groups -OCH3 is 1. The summed E-state index contributed by atoms with van der Waals surface area (Å²) >= 11 is 0. The summed E-state index contributed by atoms with van der Waals surface area (Å²) in [4.78, 5) is 23.3. The van der Waals surface area contributed by atoms with Crippen LogP contribution in [0.1, 0.15) is 0 Å². The van der Waals surface area contributed by atoms with Crippen LogP contribution in [-0.2, 0) is 9.59 Å². The van der Waals surface area contributed by atoms with Crippen LogP contribution in [0.5, 0.6) is 5.75 Å². The molecule has 1 aromatic heterocycles. The van der Waals surface area contributed by atoms with Crippen molar-refractivity contribution in [3.05, 3.63) is 36.4 Å². The van der Waals surface area contributed by atoms with Crippen LogP contribution in [-0.4, -0.2) is 34.2 Å². The van der Waals surface area contributed by atoms with E-state index in [4.69, 9.17) is 26.4 Å². The van der Waals surface area contributed by atoms with Gasteiger partial charge in [0.25, 0.3) is 0 Å². The van der Waals surface area contributed by atoms with Crippen molar-refractivity contribution in [3.63, 3.8) is 0 Å². The third-order valence-corrected chi connectivity index (χ3v) is 2.42. The summed E-state index contributed by atoms with van der Waals surface area (Å²) < 4.78 is 5.09. The Morgan fingerprint density at radius 3 is 2.23 bits per heavy atom. The van der Waals surface area contributed by atoms with Crippen LogP contribution < -0.4 is 16.2 Å². The summed E-state index contributed by atoms with van der Waals surface area (Å²) in [5.41, 5.74) is 12.7. The third-order valence-electron chi connectivity index (χ3n) is 2.42. The molecule has 0 spiro atoms. The molecule has 8 nitrogen and oxygen atoms in total. The number of benzene rings is 1. The van der Waals surface area contributed by atoms with Crippen LogP contribution in [0.2, 0.25) is 0 Å². The standard InChI is InChI=1S/C10H11N3O.C4H4O4/c1-14-7-4-6-2-3-9(12)13-10(6)8(11)5-7;5-3(6)1-2-4(7)8/h2-5H,11H2,1H3,(H2,12,13);1-2H,(H,5,6)(H,7,8)/b;2-1-. The minimum absolute atomic E-state index is 0.467. The maximum atomic E-state index is 9.55. The maximum absolute atomic E-state index is 9.55. The number of anilines is 2. The second kappa shape index (κ2) is 7.48. The van der Waals surface area contributed by atoms with Crippen molar-refractivity contribution in [1.82, 2.24) is 4.98 Å². The quantitative estimate of drug-likeness (QED) is 0.487. The topological polar surface area (TPSA) is 149 Å². The summed E-state index contributed by atoms with van der Waals surface area (Å²) in [5.74, 6) is -1.32. The lowest BCUT2D eigenvalue weighted by Crippen LogP contribution is -1.95. The van der Waals surface area contributed by atoms with Crippen molar-refractivity contribution < 1.29 is 24.5 Å². The molecule has 0 fully saturated rings. The zero-order valence-electron chi connectivity index (χ0n) is 11.7. The van der Waals surface area contributed by atoms with Crippen LogP contribution in [0.25, 0.3) is 10.9 Å². The van der Waals surface area contributed by atoms with E-state index in [2.05, 4.69) is 4.98 Å². The Balaban J connectivity index is 0.000000261. The Kier molecular flexibility index (Phi) is 5.70. The molecule has 6 N–H and O–H groups in total. The monoisotopic (exact) mass is 305 g/mol. The second-order valence-corrected chi connectivity index (χ2v) is 4.03. The van der Waals surface area contributed by atoms with Crippen LogP contribution in [0, 0.1) is 0 Å². The van der Waals surface area contributed by atoms with Gasteiger partial charge in [0, 0.05) is 23.6 Å². The summed E-state index contributed by atoms with van der Waals surface area (Å²) in [6.07, 6.45) is 1.12. The number of nitrogen functional groups attached to an aromatic ring is 2. The SMILES string of the molecule is COc1cc(N)c2nc(N)ccc2c1.O=C(O)/C=C\C(=O)O. The normalized spacial score (nSPS) is 10.0. The number of nitrogens with two attached hydrogens (primary N) is 2. The molecule has 0 amide bonds. The molecule has 0 atom stereocenters. The number of nitrogens with zero attached hydrogens (tertiary/aromatic N) is 1. The van der Waals surface area contributed by atoms with Gasteiger partial charge in [-0.15, -0.1) is 0 Å². The summed E-state index contributed by atoms with van der Waals surface area (Å²) in [5, 5.41) is 16.6. The molecule has 2 rings (SSSR count). The van der Waals surface area contributed by atoms with E-state index in [1.807, 2.05) is 12.1 Å². The van der Waals surface area contributed by atoms with Gasteiger partial charge in [-0.1, -0.05) is 0 Å². The Morgan fingerprint density at radius 1 is 1.14 bits per heavy atom. The molecule has 0 aliphatic carbocycles. The molecule has 0 bridgehead atoms. The third kappa shape index (κ3) is 5.00. The van der Waals surface area contributed by atoms with E-state index in [1.54, 1.807) is 19.2 Å². The van der Waals surface area contributed by atoms with Gasteiger partial charge in [-0.3, -0.25) is 0 Å². The predicted molar refractivity (Wildman–Crippen MR) is 81.5 cm³/mol. The van der Waals surface area contributed by atoms with Crippen LogP contribution in [0.4, 0.5) is 11.5 Å². The molecular formula is C14H15N3O5. The molecule has 0 aliphatic heterocycles. The van der Waals surface area contributed by atoms with Crippen molar-refractivity contribution in [1.29, 1.82) is 0 Å². The largest absolute Gasteiger partial charge is 0.497 e. The van der Waals surface area contributed by atoms with E-state index in [0.29, 0.717) is 29.2 Å². The lowest BCUT2D eigenvalue weighted by molar-refractivity contribution is -0.134. The Labute approximate surface area is 125 Å². The number of carbonyl (C=O) groups is 2. The minimum Gasteiger partial charge on any atom is -0.497 e. The number of fused-ring (bicyclic) bond motifs is 1. The number of hydrogen-bond donors (Lipinski definition) is 4. The molecule has 0 aliphatic rings. The summed E-state index contributed by atoms with van der Waals surface area (Å²) in [6.45, 7) is 0. The smallest absolute Gasteiger partial charge is 0.328 e. The first-order valence-electron chi connectivity index (χ1n) is 5.97. The fraction of sp³-hybridized carbons (Fsp3) is 0.0714. The highest BCUT2D eigenvalue weighted by molar-refractivity contribution is 5.91. The van der Waals surface area contributed by atoms with Crippen LogP contribution in [0.15, 0.2) is 36.4 Å². The summed E-state index contributed by atoms with van der Waals surface area (Å²) in [6, 6.07) is 7.21. The van der Waals surface area contributed by atoms with E-state index in [-0.39, 0.29) is 0 Å². The number of ether oxygens (including phenoxy) is 1. The predicted octanol–water partition coefficient (Wildman–Crippen LogP) is 1.12. The highest BCUT2D eigenvalue weighted by Crippen LogP contribution is 2.26. The maximum Gasteiger partial charge on any atom is 0.328 e. The second-order valence-electron chi connectivity index (χ2n) is 4.03. The van der Waals surface area contributed by atoms with Crippen molar-refractivity contribution in [2.24, 2.45) is 0 Å². The van der Waals surface area contributed by atoms with Gasteiger partial charge in [-0.25, -0.2) is 14.6 Å². The number of carboxylic acid groups (broad SMARTS) is 2. The molecule has 0 saturated heterocycles. The average Bonchev–Trinajstić information content (AvgIpc) is 2.46. The molecule has 1 aromatic carbocycles. The minimum atomic E-state index is -1.26. The van der Waals surface area contributed by atoms with E-state index >= 15 is 0 Å². The Bertz CT molecular complexity index is 712. The molecular weight excluding hydrogens is 290 g/mol. The van der Waals surface area contributed by atoms with Gasteiger partial charge in [0.2, 0.25) is 0 Å². The molecule has 0 unspecified atom stereocenters. The Morgan fingerprint density at radius 2 is 1.73 bits per heavy atom. The number of carboxylic acids is 2. The molecule has 22 heavy (non-hydrogen) atoms. The lowest BCUT2D eigenvalue weighted by Gasteiger charge is -2.05. The fourth-order valence-electron chi connectivity index (χ4n) is 1.51. The number of hydrogen-bond acceptors (Lipinski definition) is 6. The van der Waals surface area contributed by atoms with Crippen molar-refractivity contribution in [3.8, 4) is 5.75 Å². The molecule has 0 saturated carbocycles. The van der Waals surface area contributed by atoms with Crippen molar-refractivity contribution >= 4 is 34.3 Å². The van der Waals surface area contributed by atoms with Gasteiger partial charge >= 0.3 is 11.9 Å². The molecule has 1 heterocycles. The molecule has 8 heteroatoms. The highest BCUT2D eigenvalue weighted by atomic mass is 16.5. The van der Waals surface area contributed by atoms with Gasteiger partial charge < -0.3 is 26.4 Å². The number of aliphatic carboxylic acids is 2. The molecule has 2 aromatic rings. The number of rotatable bonds is 3. The van der Waals surface area contributed by atoms with E-state index in [1.165, 1.54) is 0 Å². The first kappa shape index (κ1) is 16.8. The first-order valence-corrected chi connectivity index (χ1v) is 5.97. The van der Waals surface area contributed by atoms with E-state index in [0.717, 1.165) is 11.1 Å². The number of aromatic nitrogens is 1. The van der Waals surface area contributed by atoms with Crippen LogP contribution >= 0.6 is 0 Å². The van der Waals surface area contributed by atoms with Gasteiger partial charge in [-0.2, -0.15) is 0 Å². The van der Waals surface area contributed by atoms with Gasteiger partial charge in [0.15, 0.2) is 0 Å². The molecule has 0 radical (unpaired) electrons. The van der Waals surface area contributed by atoms with Crippen molar-refractivity contribution in [2.45, 2.75) is 0 Å². The summed E-state index contributed by atoms with van der Waals surface area (Å²) in [7, 11) is 1.60. The van der Waals surface area contributed by atoms with Gasteiger partial charge in [0.1, 0.15) is 11.6 Å². The van der Waals surface area contributed by atoms with Gasteiger partial charge in [0.05, 0.1) is 18.3 Å². The molecule has 116 valence electrons. The van der Waals surface area contributed by atoms with Crippen molar-refractivity contribution in [2.75, 3.05) is 18.6 Å². The first-order chi connectivity index (χ1) is 10.3. The number of pyridine rings is 1. The zero-order valence-corrected chi connectivity index (χ0v) is 11.7. The van der Waals surface area contributed by atoms with E-state index < -0.39 is 11.9 Å². The average molecular weight is 305 g/mol. The fourth-order valence-corrected chi connectivity index (χ4v) is 1.51. The van der Waals surface area contributed by atoms with Gasteiger partial charge in [-0.05, 0) is 18.2 Å². The highest BCUT2D eigenvalue weighted by Gasteiger charge is 2.03.